The lowest BCUT2D eigenvalue weighted by Gasteiger charge is -2.17. The van der Waals surface area contributed by atoms with Gasteiger partial charge in [-0.3, -0.25) is 0 Å². The Bertz CT molecular complexity index is 772. The number of imidazole rings is 1. The molecule has 0 aliphatic carbocycles. The van der Waals surface area contributed by atoms with Crippen LogP contribution in [0.3, 0.4) is 0 Å². The number of aromatic nitrogens is 2. The summed E-state index contributed by atoms with van der Waals surface area (Å²) < 4.78 is 2.18. The summed E-state index contributed by atoms with van der Waals surface area (Å²) in [7, 11) is 2.09. The Labute approximate surface area is 118 Å². The summed E-state index contributed by atoms with van der Waals surface area (Å²) in [5, 5.41) is 3.49. The van der Waals surface area contributed by atoms with Gasteiger partial charge in [0.05, 0.1) is 11.0 Å². The maximum Gasteiger partial charge on any atom is 0.140 e. The third kappa shape index (κ3) is 1.70. The molecule has 20 heavy (non-hydrogen) atoms. The quantitative estimate of drug-likeness (QED) is 0.727. The summed E-state index contributed by atoms with van der Waals surface area (Å²) in [6.07, 6.45) is 2.35. The van der Waals surface area contributed by atoms with Crippen LogP contribution < -0.4 is 5.32 Å². The maximum absolute atomic E-state index is 4.83. The second-order valence-corrected chi connectivity index (χ2v) is 5.39. The van der Waals surface area contributed by atoms with Gasteiger partial charge in [0, 0.05) is 24.8 Å². The van der Waals surface area contributed by atoms with Gasteiger partial charge in [0.1, 0.15) is 5.82 Å². The molecule has 1 aliphatic rings. The summed E-state index contributed by atoms with van der Waals surface area (Å²) in [4.78, 5) is 4.83. The number of fused-ring (bicyclic) bond motifs is 2. The fraction of sp³-hybridized carbons (Fsp3) is 0.235. The number of nitrogens with one attached hydrogen (secondary N) is 1. The fourth-order valence-electron chi connectivity index (χ4n) is 3.00. The first kappa shape index (κ1) is 11.5. The third-order valence-electron chi connectivity index (χ3n) is 4.08. The highest BCUT2D eigenvalue weighted by atomic mass is 15.1. The number of nitrogens with zero attached hydrogens (tertiary/aromatic N) is 2. The van der Waals surface area contributed by atoms with E-state index in [1.807, 2.05) is 6.07 Å². The van der Waals surface area contributed by atoms with E-state index in [1.54, 1.807) is 0 Å². The van der Waals surface area contributed by atoms with Crippen LogP contribution >= 0.6 is 0 Å². The molecule has 1 aliphatic heterocycles. The summed E-state index contributed by atoms with van der Waals surface area (Å²) in [6, 6.07) is 14.8. The molecule has 0 saturated carbocycles. The molecule has 0 bridgehead atoms. The van der Waals surface area contributed by atoms with Crippen molar-refractivity contribution in [1.29, 1.82) is 0 Å². The second-order valence-electron chi connectivity index (χ2n) is 5.39. The highest BCUT2D eigenvalue weighted by Crippen LogP contribution is 2.30. The first-order valence-electron chi connectivity index (χ1n) is 7.11. The van der Waals surface area contributed by atoms with E-state index in [9.17, 15) is 0 Å². The summed E-state index contributed by atoms with van der Waals surface area (Å²) in [5.74, 6) is 1.03. The van der Waals surface area contributed by atoms with E-state index < -0.39 is 0 Å². The van der Waals surface area contributed by atoms with Gasteiger partial charge in [0.2, 0.25) is 0 Å². The Kier molecular flexibility index (Phi) is 2.52. The Hall–Kier alpha value is -2.29. The number of aryl methyl sites for hydroxylation is 2. The minimum atomic E-state index is 1.03. The van der Waals surface area contributed by atoms with Crippen LogP contribution in [0.25, 0.3) is 22.4 Å². The van der Waals surface area contributed by atoms with Crippen LogP contribution in [0.4, 0.5) is 5.69 Å². The van der Waals surface area contributed by atoms with Crippen LogP contribution in [0, 0.1) is 0 Å². The zero-order chi connectivity index (χ0) is 13.5. The molecule has 0 amide bonds. The molecule has 2 aromatic carbocycles. The van der Waals surface area contributed by atoms with Crippen molar-refractivity contribution in [2.75, 3.05) is 11.9 Å². The van der Waals surface area contributed by atoms with E-state index in [0.717, 1.165) is 29.9 Å². The van der Waals surface area contributed by atoms with Gasteiger partial charge in [0.15, 0.2) is 0 Å². The molecule has 0 saturated heterocycles. The van der Waals surface area contributed by atoms with Crippen LogP contribution in [-0.4, -0.2) is 16.1 Å². The molecule has 3 heteroatoms. The van der Waals surface area contributed by atoms with Gasteiger partial charge in [0.25, 0.3) is 0 Å². The van der Waals surface area contributed by atoms with Crippen LogP contribution in [0.5, 0.6) is 0 Å². The zero-order valence-electron chi connectivity index (χ0n) is 11.6. The minimum absolute atomic E-state index is 1.03. The van der Waals surface area contributed by atoms with Crippen molar-refractivity contribution in [3.63, 3.8) is 0 Å². The van der Waals surface area contributed by atoms with Crippen LogP contribution in [0.2, 0.25) is 0 Å². The smallest absolute Gasteiger partial charge is 0.140 e. The predicted octanol–water partition coefficient (Wildman–Crippen LogP) is 3.60. The lowest BCUT2D eigenvalue weighted by atomic mass is 10.0. The third-order valence-corrected chi connectivity index (χ3v) is 4.08. The average Bonchev–Trinajstić information content (AvgIpc) is 2.83. The normalized spacial score (nSPS) is 14.1. The number of hydrogen-bond donors (Lipinski definition) is 1. The van der Waals surface area contributed by atoms with Crippen LogP contribution in [-0.2, 0) is 13.5 Å². The van der Waals surface area contributed by atoms with E-state index in [2.05, 4.69) is 53.3 Å². The van der Waals surface area contributed by atoms with E-state index >= 15 is 0 Å². The highest BCUT2D eigenvalue weighted by Gasteiger charge is 2.14. The molecule has 3 nitrogen and oxygen atoms in total. The van der Waals surface area contributed by atoms with Gasteiger partial charge in [-0.15, -0.1) is 0 Å². The number of hydrogen-bond acceptors (Lipinski definition) is 2. The molecule has 0 radical (unpaired) electrons. The Morgan fingerprint density at radius 1 is 1.15 bits per heavy atom. The van der Waals surface area contributed by atoms with Gasteiger partial charge in [-0.1, -0.05) is 30.3 Å². The van der Waals surface area contributed by atoms with Crippen molar-refractivity contribution in [1.82, 2.24) is 9.55 Å². The lowest BCUT2D eigenvalue weighted by molar-refractivity contribution is 0.831. The molecule has 100 valence electrons. The monoisotopic (exact) mass is 263 g/mol. The number of rotatable bonds is 1. The number of benzene rings is 2. The maximum atomic E-state index is 4.83. The van der Waals surface area contributed by atoms with E-state index in [-0.39, 0.29) is 0 Å². The topological polar surface area (TPSA) is 29.9 Å². The second kappa shape index (κ2) is 4.37. The molecular weight excluding hydrogens is 246 g/mol. The van der Waals surface area contributed by atoms with Crippen molar-refractivity contribution in [3.8, 4) is 11.4 Å². The molecule has 0 atom stereocenters. The summed E-state index contributed by atoms with van der Waals surface area (Å²) in [5.41, 5.74) is 6.11. The molecule has 1 N–H and O–H groups in total. The van der Waals surface area contributed by atoms with Crippen molar-refractivity contribution >= 4 is 16.7 Å². The summed E-state index contributed by atoms with van der Waals surface area (Å²) in [6.45, 7) is 1.07. The molecule has 0 spiro atoms. The standard InChI is InChI=1S/C17H17N3/c1-20-16-11-14-13(8-5-9-18-14)10-15(16)19-17(20)12-6-3-2-4-7-12/h2-4,6-7,10-11,18H,5,8-9H2,1H3. The first-order chi connectivity index (χ1) is 9.83. The molecule has 0 fully saturated rings. The van der Waals surface area contributed by atoms with E-state index in [1.165, 1.54) is 23.2 Å². The molecule has 4 rings (SSSR count). The molecule has 2 heterocycles. The molecular formula is C17H17N3. The van der Waals surface area contributed by atoms with Crippen LogP contribution in [0.15, 0.2) is 42.5 Å². The minimum Gasteiger partial charge on any atom is -0.385 e. The largest absolute Gasteiger partial charge is 0.385 e. The van der Waals surface area contributed by atoms with Gasteiger partial charge >= 0.3 is 0 Å². The van der Waals surface area contributed by atoms with E-state index in [4.69, 9.17) is 4.98 Å². The zero-order valence-corrected chi connectivity index (χ0v) is 11.6. The highest BCUT2D eigenvalue weighted by molar-refractivity contribution is 5.85. The van der Waals surface area contributed by atoms with Gasteiger partial charge < -0.3 is 9.88 Å². The van der Waals surface area contributed by atoms with Gasteiger partial charge in [-0.25, -0.2) is 4.98 Å². The molecule has 0 unspecified atom stereocenters. The molecule has 3 aromatic rings. The Morgan fingerprint density at radius 2 is 2.00 bits per heavy atom. The van der Waals surface area contributed by atoms with Crippen LogP contribution in [0.1, 0.15) is 12.0 Å². The van der Waals surface area contributed by atoms with Crippen molar-refractivity contribution in [2.45, 2.75) is 12.8 Å². The SMILES string of the molecule is Cn1c(-c2ccccc2)nc2cc3c(cc21)NCCC3. The number of anilines is 1. The van der Waals surface area contributed by atoms with Crippen molar-refractivity contribution < 1.29 is 0 Å². The molecule has 1 aromatic heterocycles. The Morgan fingerprint density at radius 3 is 2.85 bits per heavy atom. The van der Waals surface area contributed by atoms with Crippen molar-refractivity contribution in [3.05, 3.63) is 48.0 Å². The predicted molar refractivity (Wildman–Crippen MR) is 83.0 cm³/mol. The van der Waals surface area contributed by atoms with Gasteiger partial charge in [-0.05, 0) is 30.5 Å². The van der Waals surface area contributed by atoms with E-state index in [0.29, 0.717) is 0 Å². The lowest BCUT2D eigenvalue weighted by Crippen LogP contribution is -2.11. The van der Waals surface area contributed by atoms with Gasteiger partial charge in [-0.2, -0.15) is 0 Å². The first-order valence-corrected chi connectivity index (χ1v) is 7.11. The average molecular weight is 263 g/mol. The van der Waals surface area contributed by atoms with Crippen molar-refractivity contribution in [2.24, 2.45) is 7.05 Å². The fourth-order valence-corrected chi connectivity index (χ4v) is 3.00. The summed E-state index contributed by atoms with van der Waals surface area (Å²) >= 11 is 0. The Balaban J connectivity index is 1.94.